The molecule has 0 radical (unpaired) electrons. The predicted molar refractivity (Wildman–Crippen MR) is 125 cm³/mol. The monoisotopic (exact) mass is 484 g/mol. The van der Waals surface area contributed by atoms with E-state index in [1.54, 1.807) is 6.07 Å². The fraction of sp³-hybridized carbons (Fsp3) is 0.440. The predicted octanol–water partition coefficient (Wildman–Crippen LogP) is 2.64. The minimum Gasteiger partial charge on any atom is -0.480 e. The van der Waals surface area contributed by atoms with Gasteiger partial charge < -0.3 is 25.8 Å². The van der Waals surface area contributed by atoms with Crippen molar-refractivity contribution < 1.29 is 28.6 Å². The number of ether oxygens (including phenoxy) is 1. The molecule has 186 valence electrons. The zero-order chi connectivity index (χ0) is 24.8. The van der Waals surface area contributed by atoms with Crippen molar-refractivity contribution in [3.05, 3.63) is 59.0 Å². The Morgan fingerprint density at radius 1 is 1.23 bits per heavy atom. The number of aryl methyl sites for hydroxylation is 1. The number of amides is 2. The SMILES string of the molecule is O=C(N[C@@H](CNC(=O)[C@H]1C[C@H](Cc2ccc3c(n2)NCCC3)C1)C(=O)O)OCc1cccc(F)c1. The average Bonchev–Trinajstić information content (AvgIpc) is 2.82. The lowest BCUT2D eigenvalue weighted by molar-refractivity contribution is -0.139. The molecule has 2 heterocycles. The van der Waals surface area contributed by atoms with Gasteiger partial charge >= 0.3 is 12.1 Å². The van der Waals surface area contributed by atoms with Gasteiger partial charge in [0.15, 0.2) is 0 Å². The van der Waals surface area contributed by atoms with Crippen molar-refractivity contribution in [3.63, 3.8) is 0 Å². The Kier molecular flexibility index (Phi) is 7.79. The molecule has 35 heavy (non-hydrogen) atoms. The lowest BCUT2D eigenvalue weighted by Crippen LogP contribution is -2.50. The molecule has 1 saturated carbocycles. The van der Waals surface area contributed by atoms with Gasteiger partial charge in [0.25, 0.3) is 0 Å². The van der Waals surface area contributed by atoms with Gasteiger partial charge in [0.2, 0.25) is 5.91 Å². The number of carboxylic acid groups (broad SMARTS) is 1. The van der Waals surface area contributed by atoms with Crippen LogP contribution in [0.3, 0.4) is 0 Å². The van der Waals surface area contributed by atoms with E-state index in [1.807, 2.05) is 0 Å². The van der Waals surface area contributed by atoms with Gasteiger partial charge in [-0.25, -0.2) is 19.0 Å². The van der Waals surface area contributed by atoms with E-state index >= 15 is 0 Å². The Morgan fingerprint density at radius 3 is 2.83 bits per heavy atom. The highest BCUT2D eigenvalue weighted by Gasteiger charge is 2.35. The molecule has 1 aromatic heterocycles. The van der Waals surface area contributed by atoms with Crippen LogP contribution < -0.4 is 16.0 Å². The van der Waals surface area contributed by atoms with Crippen molar-refractivity contribution in [1.82, 2.24) is 15.6 Å². The number of carbonyl (C=O) groups is 3. The third-order valence-corrected chi connectivity index (χ3v) is 6.39. The summed E-state index contributed by atoms with van der Waals surface area (Å²) in [6.45, 7) is 0.468. The van der Waals surface area contributed by atoms with Crippen LogP contribution in [0.4, 0.5) is 15.0 Å². The molecule has 2 aromatic rings. The largest absolute Gasteiger partial charge is 0.480 e. The van der Waals surface area contributed by atoms with E-state index in [9.17, 15) is 23.9 Å². The Hall–Kier alpha value is -3.69. The maximum atomic E-state index is 13.2. The summed E-state index contributed by atoms with van der Waals surface area (Å²) in [5, 5.41) is 17.5. The van der Waals surface area contributed by atoms with Gasteiger partial charge in [-0.1, -0.05) is 18.2 Å². The van der Waals surface area contributed by atoms with E-state index in [4.69, 9.17) is 9.72 Å². The number of pyridine rings is 1. The number of aromatic nitrogens is 1. The van der Waals surface area contributed by atoms with Crippen molar-refractivity contribution in [1.29, 1.82) is 0 Å². The van der Waals surface area contributed by atoms with Crippen molar-refractivity contribution in [2.75, 3.05) is 18.4 Å². The first-order valence-electron chi connectivity index (χ1n) is 11.8. The van der Waals surface area contributed by atoms with Gasteiger partial charge in [0.1, 0.15) is 24.3 Å². The third-order valence-electron chi connectivity index (χ3n) is 6.39. The molecular formula is C25H29FN4O5. The highest BCUT2D eigenvalue weighted by atomic mass is 19.1. The van der Waals surface area contributed by atoms with Crippen LogP contribution in [0.15, 0.2) is 36.4 Å². The van der Waals surface area contributed by atoms with E-state index in [0.717, 1.165) is 37.3 Å². The van der Waals surface area contributed by atoms with Gasteiger partial charge in [-0.15, -0.1) is 0 Å². The Bertz CT molecular complexity index is 1090. The third kappa shape index (κ3) is 6.68. The van der Waals surface area contributed by atoms with Crippen LogP contribution in [0.25, 0.3) is 0 Å². The Balaban J connectivity index is 1.18. The number of benzene rings is 1. The standard InChI is InChI=1S/C25H29FN4O5/c26-19-5-1-3-15(11-19)14-35-25(34)30-21(24(32)33)13-28-23(31)18-9-16(10-18)12-20-7-6-17-4-2-8-27-22(17)29-20/h1,3,5-7,11,16,18,21H,2,4,8-10,12-14H2,(H,27,29)(H,28,31)(H,30,34)(H,32,33)/t16-,18-,21-/m0/s1. The fourth-order valence-electron chi connectivity index (χ4n) is 4.40. The number of aliphatic carboxylic acids is 1. The second kappa shape index (κ2) is 11.2. The number of fused-ring (bicyclic) bond motifs is 1. The number of carboxylic acids is 1. The number of hydrogen-bond donors (Lipinski definition) is 4. The molecule has 1 aromatic carbocycles. The van der Waals surface area contributed by atoms with Crippen LogP contribution in [0.2, 0.25) is 0 Å². The summed E-state index contributed by atoms with van der Waals surface area (Å²) in [7, 11) is 0. The molecule has 1 fully saturated rings. The second-order valence-electron chi connectivity index (χ2n) is 9.07. The number of anilines is 1. The van der Waals surface area contributed by atoms with E-state index in [1.165, 1.54) is 23.8 Å². The number of nitrogens with one attached hydrogen (secondary N) is 3. The number of rotatable bonds is 9. The van der Waals surface area contributed by atoms with Gasteiger partial charge in [-0.2, -0.15) is 0 Å². The quantitative estimate of drug-likeness (QED) is 0.431. The molecule has 0 bridgehead atoms. The summed E-state index contributed by atoms with van der Waals surface area (Å²) in [5.74, 6) is -0.874. The second-order valence-corrected chi connectivity index (χ2v) is 9.07. The van der Waals surface area contributed by atoms with E-state index in [-0.39, 0.29) is 25.0 Å². The molecule has 0 unspecified atom stereocenters. The number of halogens is 1. The van der Waals surface area contributed by atoms with Gasteiger partial charge in [-0.05, 0) is 67.3 Å². The van der Waals surface area contributed by atoms with Crippen molar-refractivity contribution >= 4 is 23.8 Å². The smallest absolute Gasteiger partial charge is 0.408 e. The molecule has 4 rings (SSSR count). The normalized spacial score (nSPS) is 19.3. The summed E-state index contributed by atoms with van der Waals surface area (Å²) < 4.78 is 18.1. The van der Waals surface area contributed by atoms with Gasteiger partial charge in [0.05, 0.1) is 0 Å². The lowest BCUT2D eigenvalue weighted by atomic mass is 9.72. The number of alkyl carbamates (subject to hydrolysis) is 1. The zero-order valence-electron chi connectivity index (χ0n) is 19.3. The summed E-state index contributed by atoms with van der Waals surface area (Å²) >= 11 is 0. The summed E-state index contributed by atoms with van der Waals surface area (Å²) in [4.78, 5) is 40.6. The summed E-state index contributed by atoms with van der Waals surface area (Å²) in [6.07, 6.45) is 3.40. The van der Waals surface area contributed by atoms with Crippen LogP contribution in [-0.4, -0.2) is 47.2 Å². The van der Waals surface area contributed by atoms with E-state index < -0.39 is 23.9 Å². The molecule has 1 atom stereocenters. The zero-order valence-corrected chi connectivity index (χ0v) is 19.3. The Morgan fingerprint density at radius 2 is 2.06 bits per heavy atom. The minimum atomic E-state index is -1.35. The molecule has 0 saturated heterocycles. The summed E-state index contributed by atoms with van der Waals surface area (Å²) in [5.41, 5.74) is 2.68. The number of carbonyl (C=O) groups excluding carboxylic acids is 2. The fourth-order valence-corrected chi connectivity index (χ4v) is 4.40. The first-order chi connectivity index (χ1) is 16.9. The highest BCUT2D eigenvalue weighted by Crippen LogP contribution is 2.36. The van der Waals surface area contributed by atoms with Gasteiger partial charge in [0, 0.05) is 24.7 Å². The van der Waals surface area contributed by atoms with Crippen molar-refractivity contribution in [2.24, 2.45) is 11.8 Å². The van der Waals surface area contributed by atoms with Crippen LogP contribution in [0, 0.1) is 17.7 Å². The van der Waals surface area contributed by atoms with Crippen molar-refractivity contribution in [3.8, 4) is 0 Å². The van der Waals surface area contributed by atoms with E-state index in [2.05, 4.69) is 28.1 Å². The molecule has 0 spiro atoms. The molecule has 10 heteroatoms. The van der Waals surface area contributed by atoms with Crippen LogP contribution in [0.5, 0.6) is 0 Å². The average molecular weight is 485 g/mol. The number of hydrogen-bond acceptors (Lipinski definition) is 6. The molecule has 2 amide bonds. The molecule has 1 aliphatic carbocycles. The van der Waals surface area contributed by atoms with Crippen LogP contribution in [-0.2, 0) is 33.8 Å². The lowest BCUT2D eigenvalue weighted by Gasteiger charge is -2.34. The van der Waals surface area contributed by atoms with Crippen LogP contribution in [0.1, 0.15) is 36.1 Å². The number of nitrogens with zero attached hydrogens (tertiary/aromatic N) is 1. The summed E-state index contributed by atoms with van der Waals surface area (Å²) in [6, 6.07) is 8.36. The highest BCUT2D eigenvalue weighted by molar-refractivity contribution is 5.83. The van der Waals surface area contributed by atoms with Crippen LogP contribution >= 0.6 is 0 Å². The first kappa shape index (κ1) is 24.4. The van der Waals surface area contributed by atoms with E-state index in [0.29, 0.717) is 24.3 Å². The maximum Gasteiger partial charge on any atom is 0.408 e. The minimum absolute atomic E-state index is 0.190. The van der Waals surface area contributed by atoms with Gasteiger partial charge in [-0.3, -0.25) is 4.79 Å². The molecule has 1 aliphatic heterocycles. The Labute approximate surface area is 202 Å². The topological polar surface area (TPSA) is 130 Å². The maximum absolute atomic E-state index is 13.2. The molecule has 2 aliphatic rings. The molecule has 4 N–H and O–H groups in total. The molecular weight excluding hydrogens is 455 g/mol. The first-order valence-corrected chi connectivity index (χ1v) is 11.8. The van der Waals surface area contributed by atoms with Crippen molar-refractivity contribution in [2.45, 2.75) is 44.8 Å². The molecule has 9 nitrogen and oxygen atoms in total.